The van der Waals surface area contributed by atoms with Crippen LogP contribution in [0, 0.1) is 35.5 Å². The van der Waals surface area contributed by atoms with Crippen LogP contribution in [0.15, 0.2) is 11.6 Å². The quantitative estimate of drug-likeness (QED) is 0.242. The van der Waals surface area contributed by atoms with Crippen LogP contribution in [0.2, 0.25) is 0 Å². The third-order valence-corrected chi connectivity index (χ3v) is 13.8. The van der Waals surface area contributed by atoms with Crippen LogP contribution in [-0.2, 0) is 47.5 Å². The predicted octanol–water partition coefficient (Wildman–Crippen LogP) is 6.10. The number of allylic oxidation sites excluding steroid dienone is 2. The molecule has 0 unspecified atom stereocenters. The van der Waals surface area contributed by atoms with E-state index in [0.29, 0.717) is 24.5 Å². The van der Waals surface area contributed by atoms with Gasteiger partial charge in [-0.15, -0.1) is 0 Å². The van der Waals surface area contributed by atoms with E-state index in [1.807, 2.05) is 20.8 Å². The van der Waals surface area contributed by atoms with E-state index in [0.717, 1.165) is 69.8 Å². The number of carbonyl (C=O) groups is 2. The smallest absolute Gasteiger partial charge is 0.306 e. The fourth-order valence-corrected chi connectivity index (χ4v) is 11.1. The van der Waals surface area contributed by atoms with Gasteiger partial charge in [-0.1, -0.05) is 19.9 Å². The lowest BCUT2D eigenvalue weighted by Crippen LogP contribution is -2.60. The number of rotatable bonds is 10. The van der Waals surface area contributed by atoms with Gasteiger partial charge in [0.15, 0.2) is 18.4 Å². The van der Waals surface area contributed by atoms with Crippen molar-refractivity contribution in [3.8, 4) is 0 Å². The number of esters is 1. The van der Waals surface area contributed by atoms with Crippen molar-refractivity contribution in [2.75, 3.05) is 34.9 Å². The Morgan fingerprint density at radius 2 is 1.60 bits per heavy atom. The van der Waals surface area contributed by atoms with Gasteiger partial charge >= 0.3 is 5.97 Å². The van der Waals surface area contributed by atoms with Crippen LogP contribution < -0.4 is 0 Å². The zero-order valence-electron chi connectivity index (χ0n) is 33.9. The fraction of sp³-hybridized carbons (Fsp3) is 0.905. The van der Waals surface area contributed by atoms with Gasteiger partial charge in [0.1, 0.15) is 24.4 Å². The molecule has 3 aliphatic carbocycles. The molecule has 0 spiro atoms. The summed E-state index contributed by atoms with van der Waals surface area (Å²) >= 11 is 0. The average Bonchev–Trinajstić information content (AvgIpc) is 3.70. The summed E-state index contributed by atoms with van der Waals surface area (Å²) in [4.78, 5) is 30.5. The second-order valence-corrected chi connectivity index (χ2v) is 17.1. The first kappa shape index (κ1) is 41.2. The van der Waals surface area contributed by atoms with Crippen molar-refractivity contribution in [3.05, 3.63) is 11.6 Å². The number of ketones is 1. The Morgan fingerprint density at radius 1 is 0.830 bits per heavy atom. The van der Waals surface area contributed by atoms with Gasteiger partial charge in [-0.05, 0) is 128 Å². The minimum atomic E-state index is -0.568. The van der Waals surface area contributed by atoms with Crippen LogP contribution in [0.4, 0.5) is 0 Å². The summed E-state index contributed by atoms with van der Waals surface area (Å²) in [7, 11) is 7.55. The molecule has 11 heteroatoms. The normalized spacial score (nSPS) is 45.4. The van der Waals surface area contributed by atoms with Gasteiger partial charge in [0, 0.05) is 38.7 Å². The van der Waals surface area contributed by atoms with Crippen LogP contribution in [0.3, 0.4) is 0 Å². The van der Waals surface area contributed by atoms with Crippen molar-refractivity contribution < 1.29 is 47.5 Å². The summed E-state index contributed by atoms with van der Waals surface area (Å²) in [5.41, 5.74) is 0.816. The molecule has 17 atom stereocenters. The zero-order chi connectivity index (χ0) is 38.0. The number of likely N-dealkylation sites (N-methyl/N-ethyl adjacent to an activating group) is 1. The Morgan fingerprint density at radius 3 is 2.28 bits per heavy atom. The number of nitrogens with zero attached hydrogens (tertiary/aromatic N) is 1. The van der Waals surface area contributed by atoms with Crippen LogP contribution in [0.5, 0.6) is 0 Å². The molecule has 2 saturated carbocycles. The van der Waals surface area contributed by atoms with Crippen molar-refractivity contribution in [1.29, 1.82) is 0 Å². The predicted molar refractivity (Wildman–Crippen MR) is 199 cm³/mol. The SMILES string of the molecule is CCO[C@H]1[C@@H](OC)[C@H](C)O[C@H](O[C@@H]2C[C@H]3CC[C@@H]4[C@@H](C=C5C(=O)[C@H](C)[C@@H](O[C@H]6CC[C@H](N(C)C)[C@@H](C)O6)CCC[C@H](CC)OC(=O)C[C@H]54)[C@@H]3C2)[C@@H]1OC. The first-order valence-electron chi connectivity index (χ1n) is 20.9. The van der Waals surface area contributed by atoms with Crippen LogP contribution >= 0.6 is 0 Å². The summed E-state index contributed by atoms with van der Waals surface area (Å²) < 4.78 is 50.2. The van der Waals surface area contributed by atoms with E-state index in [9.17, 15) is 9.59 Å². The molecule has 53 heavy (non-hydrogen) atoms. The fourth-order valence-electron chi connectivity index (χ4n) is 11.1. The Kier molecular flexibility index (Phi) is 14.2. The molecule has 0 aromatic carbocycles. The molecule has 3 saturated heterocycles. The summed E-state index contributed by atoms with van der Waals surface area (Å²) in [6, 6.07) is 0.345. The van der Waals surface area contributed by atoms with Crippen molar-refractivity contribution in [2.45, 2.75) is 173 Å². The van der Waals surface area contributed by atoms with Gasteiger partial charge in [0.2, 0.25) is 0 Å². The van der Waals surface area contributed by atoms with Crippen molar-refractivity contribution in [3.63, 3.8) is 0 Å². The minimum Gasteiger partial charge on any atom is -0.462 e. The maximum atomic E-state index is 14.7. The first-order chi connectivity index (χ1) is 25.5. The molecule has 0 bridgehead atoms. The van der Waals surface area contributed by atoms with Crippen molar-refractivity contribution in [1.82, 2.24) is 4.90 Å². The Balaban J connectivity index is 1.20. The molecule has 3 aliphatic heterocycles. The molecular formula is C42H69NO10. The van der Waals surface area contributed by atoms with Crippen molar-refractivity contribution >= 4 is 11.8 Å². The lowest BCUT2D eigenvalue weighted by atomic mass is 9.66. The second-order valence-electron chi connectivity index (χ2n) is 17.1. The Bertz CT molecular complexity index is 1260. The van der Waals surface area contributed by atoms with E-state index in [-0.39, 0.29) is 90.9 Å². The number of hydrogen-bond acceptors (Lipinski definition) is 11. The summed E-state index contributed by atoms with van der Waals surface area (Å²) in [6.45, 7) is 10.7. The summed E-state index contributed by atoms with van der Waals surface area (Å²) in [5.74, 6) is 0.733. The average molecular weight is 748 g/mol. The van der Waals surface area contributed by atoms with E-state index in [1.54, 1.807) is 14.2 Å². The molecule has 0 aromatic rings. The summed E-state index contributed by atoms with van der Waals surface area (Å²) in [5, 5.41) is 0. The van der Waals surface area contributed by atoms with Gasteiger partial charge in [-0.2, -0.15) is 0 Å². The van der Waals surface area contributed by atoms with Gasteiger partial charge in [-0.25, -0.2) is 0 Å². The van der Waals surface area contributed by atoms with E-state index >= 15 is 0 Å². The van der Waals surface area contributed by atoms with E-state index < -0.39 is 12.4 Å². The highest BCUT2D eigenvalue weighted by atomic mass is 16.7. The molecule has 0 aromatic heterocycles. The highest BCUT2D eigenvalue weighted by Crippen LogP contribution is 2.57. The maximum absolute atomic E-state index is 14.7. The monoisotopic (exact) mass is 747 g/mol. The number of carbonyl (C=O) groups excluding carboxylic acids is 2. The molecule has 6 rings (SSSR count). The topological polar surface area (TPSA) is 111 Å². The van der Waals surface area contributed by atoms with E-state index in [1.165, 1.54) is 0 Å². The van der Waals surface area contributed by atoms with Crippen LogP contribution in [0.25, 0.3) is 0 Å². The number of cyclic esters (lactones) is 1. The highest BCUT2D eigenvalue weighted by molar-refractivity contribution is 5.99. The van der Waals surface area contributed by atoms with Gasteiger partial charge in [-0.3, -0.25) is 9.59 Å². The van der Waals surface area contributed by atoms with Gasteiger partial charge < -0.3 is 42.8 Å². The third kappa shape index (κ3) is 8.93. The van der Waals surface area contributed by atoms with Gasteiger partial charge in [0.05, 0.1) is 30.8 Å². The Hall–Kier alpha value is -1.44. The standard InChI is InChI=1S/C42H69NO10/c1-10-27-13-12-14-35(53-37-18-17-34(43(6)7)24(4)49-37)23(3)38(45)33-21-31-29(32(33)22-36(44)51-27)16-15-26-19-28(20-30(26)31)52-42-41(47-9)40(48-11-2)39(46-8)25(5)50-42/h21,23-32,34-35,37,39-42H,10-20,22H2,1-9H3/t23-,24-,25+,26-,27+,28-,29-,30-,31-,32+,34+,35+,37+,39+,40+,41-,42-/m1/s1. The number of ether oxygens (including phenoxy) is 8. The number of Topliss-reactive ketones (excluding diaryl/α,β-unsaturated/α-hetero) is 1. The van der Waals surface area contributed by atoms with E-state index in [2.05, 4.69) is 38.9 Å². The zero-order valence-corrected chi connectivity index (χ0v) is 33.9. The third-order valence-electron chi connectivity index (χ3n) is 13.8. The molecule has 302 valence electrons. The summed E-state index contributed by atoms with van der Waals surface area (Å²) in [6.07, 6.45) is 8.81. The molecule has 6 aliphatic rings. The highest BCUT2D eigenvalue weighted by Gasteiger charge is 2.54. The maximum Gasteiger partial charge on any atom is 0.306 e. The van der Waals surface area contributed by atoms with Crippen LogP contribution in [0.1, 0.15) is 105 Å². The van der Waals surface area contributed by atoms with Gasteiger partial charge in [0.25, 0.3) is 0 Å². The molecular weight excluding hydrogens is 678 g/mol. The number of hydrogen-bond donors (Lipinski definition) is 0. The number of fused-ring (bicyclic) bond motifs is 5. The molecule has 3 heterocycles. The lowest BCUT2D eigenvalue weighted by Gasteiger charge is -2.44. The first-order valence-corrected chi connectivity index (χ1v) is 20.9. The molecule has 11 nitrogen and oxygen atoms in total. The lowest BCUT2D eigenvalue weighted by molar-refractivity contribution is -0.317. The molecule has 5 fully saturated rings. The Labute approximate surface area is 318 Å². The van der Waals surface area contributed by atoms with Crippen molar-refractivity contribution in [2.24, 2.45) is 35.5 Å². The molecule has 0 amide bonds. The molecule has 0 N–H and O–H groups in total. The molecule has 0 radical (unpaired) electrons. The minimum absolute atomic E-state index is 0.00218. The van der Waals surface area contributed by atoms with Crippen LogP contribution in [-0.4, -0.2) is 119 Å². The second kappa shape index (κ2) is 18.2. The largest absolute Gasteiger partial charge is 0.462 e. The number of methoxy groups -OCH3 is 2. The van der Waals surface area contributed by atoms with E-state index in [4.69, 9.17) is 37.9 Å².